The third kappa shape index (κ3) is 5.52. The second-order valence-corrected chi connectivity index (χ2v) is 8.55. The van der Waals surface area contributed by atoms with E-state index in [0.717, 1.165) is 0 Å². The first-order chi connectivity index (χ1) is 17.2. The van der Waals surface area contributed by atoms with E-state index < -0.39 is 23.7 Å². The number of benzene rings is 2. The summed E-state index contributed by atoms with van der Waals surface area (Å²) in [4.78, 5) is 46.1. The van der Waals surface area contributed by atoms with Crippen molar-refractivity contribution in [2.75, 3.05) is 18.8 Å². The molecular formula is C24H22ClFN6O4. The molecule has 1 aromatic heterocycles. The first kappa shape index (κ1) is 24.9. The number of nitrogens with two attached hydrogens (primary N) is 1. The summed E-state index contributed by atoms with van der Waals surface area (Å²) >= 11 is 6.01. The molecule has 3 amide bonds. The van der Waals surface area contributed by atoms with E-state index in [0.29, 0.717) is 24.2 Å². The lowest BCUT2D eigenvalue weighted by Crippen LogP contribution is -2.38. The number of aromatic nitrogens is 2. The molecule has 1 aliphatic heterocycles. The topological polar surface area (TPSA) is 151 Å². The highest BCUT2D eigenvalue weighted by molar-refractivity contribution is 6.31. The number of likely N-dealkylation sites (tertiary alicyclic amines) is 1. The van der Waals surface area contributed by atoms with Gasteiger partial charge in [-0.2, -0.15) is 0 Å². The molecule has 36 heavy (non-hydrogen) atoms. The Kier molecular flexibility index (Phi) is 7.30. The number of nitrogen functional groups attached to an aromatic ring is 1. The summed E-state index contributed by atoms with van der Waals surface area (Å²) in [6, 6.07) is 10.4. The highest BCUT2D eigenvalue weighted by Crippen LogP contribution is 2.22. The number of carbonyl (C=O) groups is 3. The summed E-state index contributed by atoms with van der Waals surface area (Å²) in [6.45, 7) is 0.393. The molecule has 1 saturated heterocycles. The SMILES string of the molecule is Nc1ncc(-c2cccc(C(=O)NCc3c(F)cccc3Cl)c2)nc1C(=O)N[C@H]1CCN(C(=O)O)C1. The van der Waals surface area contributed by atoms with Crippen molar-refractivity contribution < 1.29 is 23.9 Å². The molecule has 4 rings (SSSR count). The molecule has 1 atom stereocenters. The van der Waals surface area contributed by atoms with Crippen LogP contribution in [0.4, 0.5) is 15.0 Å². The van der Waals surface area contributed by atoms with Crippen LogP contribution in [0.1, 0.15) is 32.8 Å². The Morgan fingerprint density at radius 2 is 1.97 bits per heavy atom. The zero-order valence-electron chi connectivity index (χ0n) is 18.9. The Balaban J connectivity index is 1.48. The minimum absolute atomic E-state index is 0.0833. The van der Waals surface area contributed by atoms with E-state index in [2.05, 4.69) is 20.6 Å². The smallest absolute Gasteiger partial charge is 0.407 e. The van der Waals surface area contributed by atoms with Gasteiger partial charge >= 0.3 is 6.09 Å². The second kappa shape index (κ2) is 10.6. The van der Waals surface area contributed by atoms with E-state index >= 15 is 0 Å². The van der Waals surface area contributed by atoms with E-state index in [9.17, 15) is 18.8 Å². The summed E-state index contributed by atoms with van der Waals surface area (Å²) in [5.74, 6) is -1.63. The average molecular weight is 513 g/mol. The van der Waals surface area contributed by atoms with E-state index in [1.54, 1.807) is 24.3 Å². The van der Waals surface area contributed by atoms with Crippen molar-refractivity contribution in [3.63, 3.8) is 0 Å². The van der Waals surface area contributed by atoms with Crippen LogP contribution in [0.3, 0.4) is 0 Å². The van der Waals surface area contributed by atoms with Crippen LogP contribution in [-0.2, 0) is 6.54 Å². The van der Waals surface area contributed by atoms with Crippen molar-refractivity contribution in [3.05, 3.63) is 76.3 Å². The van der Waals surface area contributed by atoms with Gasteiger partial charge in [-0.25, -0.2) is 19.2 Å². The lowest BCUT2D eigenvalue weighted by molar-refractivity contribution is 0.0928. The van der Waals surface area contributed by atoms with Gasteiger partial charge in [-0.1, -0.05) is 29.8 Å². The van der Waals surface area contributed by atoms with Crippen LogP contribution < -0.4 is 16.4 Å². The molecule has 0 aliphatic carbocycles. The van der Waals surface area contributed by atoms with Crippen molar-refractivity contribution in [1.29, 1.82) is 0 Å². The molecule has 1 fully saturated rings. The molecule has 0 unspecified atom stereocenters. The number of carbonyl (C=O) groups excluding carboxylic acids is 2. The quantitative estimate of drug-likeness (QED) is 0.396. The first-order valence-electron chi connectivity index (χ1n) is 11.0. The number of carboxylic acid groups (broad SMARTS) is 1. The summed E-state index contributed by atoms with van der Waals surface area (Å²) < 4.78 is 14.0. The summed E-state index contributed by atoms with van der Waals surface area (Å²) in [7, 11) is 0. The summed E-state index contributed by atoms with van der Waals surface area (Å²) in [5, 5.41) is 14.7. The fourth-order valence-corrected chi connectivity index (χ4v) is 4.03. The lowest BCUT2D eigenvalue weighted by atomic mass is 10.1. The highest BCUT2D eigenvalue weighted by Gasteiger charge is 2.28. The minimum atomic E-state index is -1.05. The third-order valence-electron chi connectivity index (χ3n) is 5.72. The van der Waals surface area contributed by atoms with Gasteiger partial charge in [0.1, 0.15) is 5.82 Å². The summed E-state index contributed by atoms with van der Waals surface area (Å²) in [5.41, 5.74) is 7.04. The monoisotopic (exact) mass is 512 g/mol. The zero-order chi connectivity index (χ0) is 25.8. The number of nitrogens with one attached hydrogen (secondary N) is 2. The molecule has 1 aliphatic rings. The maximum absolute atomic E-state index is 14.0. The number of halogens is 2. The Hall–Kier alpha value is -4.25. The fraction of sp³-hybridized carbons (Fsp3) is 0.208. The van der Waals surface area contributed by atoms with E-state index in [-0.39, 0.29) is 46.8 Å². The largest absolute Gasteiger partial charge is 0.465 e. The number of hydrogen-bond donors (Lipinski definition) is 4. The molecule has 12 heteroatoms. The van der Waals surface area contributed by atoms with Gasteiger partial charge in [-0.3, -0.25) is 9.59 Å². The zero-order valence-corrected chi connectivity index (χ0v) is 19.6. The minimum Gasteiger partial charge on any atom is -0.465 e. The molecule has 2 aromatic carbocycles. The van der Waals surface area contributed by atoms with Crippen LogP contribution in [0, 0.1) is 5.82 Å². The molecule has 186 valence electrons. The van der Waals surface area contributed by atoms with Gasteiger partial charge in [0.05, 0.1) is 11.9 Å². The Morgan fingerprint density at radius 3 is 2.69 bits per heavy atom. The molecule has 0 bridgehead atoms. The molecule has 0 radical (unpaired) electrons. The maximum Gasteiger partial charge on any atom is 0.407 e. The van der Waals surface area contributed by atoms with Crippen molar-refractivity contribution in [3.8, 4) is 11.3 Å². The first-order valence-corrected chi connectivity index (χ1v) is 11.3. The van der Waals surface area contributed by atoms with Crippen molar-refractivity contribution >= 4 is 35.3 Å². The number of rotatable bonds is 6. The van der Waals surface area contributed by atoms with Crippen LogP contribution >= 0.6 is 11.6 Å². The molecular weight excluding hydrogens is 491 g/mol. The van der Waals surface area contributed by atoms with Gasteiger partial charge in [0.25, 0.3) is 11.8 Å². The van der Waals surface area contributed by atoms with E-state index in [4.69, 9.17) is 22.4 Å². The molecule has 2 heterocycles. The van der Waals surface area contributed by atoms with Crippen LogP contribution in [0.25, 0.3) is 11.3 Å². The number of anilines is 1. The summed E-state index contributed by atoms with van der Waals surface area (Å²) in [6.07, 6.45) is 0.804. The van der Waals surface area contributed by atoms with Crippen LogP contribution in [-0.4, -0.2) is 57.0 Å². The molecule has 0 saturated carbocycles. The van der Waals surface area contributed by atoms with Crippen LogP contribution in [0.15, 0.2) is 48.7 Å². The van der Waals surface area contributed by atoms with Gasteiger partial charge in [-0.15, -0.1) is 0 Å². The van der Waals surface area contributed by atoms with Crippen molar-refractivity contribution in [2.45, 2.75) is 19.0 Å². The highest BCUT2D eigenvalue weighted by atomic mass is 35.5. The van der Waals surface area contributed by atoms with E-state index in [1.807, 2.05) is 0 Å². The van der Waals surface area contributed by atoms with Gasteiger partial charge in [0, 0.05) is 47.4 Å². The third-order valence-corrected chi connectivity index (χ3v) is 6.07. The van der Waals surface area contributed by atoms with E-state index in [1.165, 1.54) is 29.3 Å². The average Bonchev–Trinajstić information content (AvgIpc) is 3.33. The van der Waals surface area contributed by atoms with Gasteiger partial charge in [0.15, 0.2) is 11.5 Å². The number of amides is 3. The molecule has 0 spiro atoms. The predicted molar refractivity (Wildman–Crippen MR) is 130 cm³/mol. The maximum atomic E-state index is 14.0. The molecule has 10 nitrogen and oxygen atoms in total. The normalized spacial score (nSPS) is 14.9. The van der Waals surface area contributed by atoms with Crippen molar-refractivity contribution in [1.82, 2.24) is 25.5 Å². The standard InChI is InChI=1S/C24H22ClFN6O4/c25-17-5-2-6-18(26)16(17)10-29-22(33)14-4-1-3-13(9-14)19-11-28-21(27)20(31-19)23(34)30-15-7-8-32(12-15)24(35)36/h1-6,9,11,15H,7-8,10,12H2,(H2,27,28)(H,29,33)(H,30,34)(H,35,36)/t15-/m0/s1. The Morgan fingerprint density at radius 1 is 1.19 bits per heavy atom. The second-order valence-electron chi connectivity index (χ2n) is 8.14. The number of hydrogen-bond acceptors (Lipinski definition) is 6. The van der Waals surface area contributed by atoms with Crippen molar-refractivity contribution in [2.24, 2.45) is 0 Å². The van der Waals surface area contributed by atoms with Crippen LogP contribution in [0.2, 0.25) is 5.02 Å². The lowest BCUT2D eigenvalue weighted by Gasteiger charge is -2.14. The van der Waals surface area contributed by atoms with Gasteiger partial charge in [0.2, 0.25) is 0 Å². The Labute approximate surface area is 210 Å². The molecule has 5 N–H and O–H groups in total. The van der Waals surface area contributed by atoms with Gasteiger partial charge in [-0.05, 0) is 30.7 Å². The van der Waals surface area contributed by atoms with Gasteiger partial charge < -0.3 is 26.4 Å². The predicted octanol–water partition coefficient (Wildman–Crippen LogP) is 2.93. The Bertz CT molecular complexity index is 1320. The fourth-order valence-electron chi connectivity index (χ4n) is 3.80. The number of nitrogens with zero attached hydrogens (tertiary/aromatic N) is 3. The van der Waals surface area contributed by atoms with Crippen LogP contribution in [0.5, 0.6) is 0 Å². The molecule has 3 aromatic rings.